The molecule has 1 fully saturated rings. The molecule has 1 aliphatic heterocycles. The molecule has 76 valence electrons. The molecule has 1 aliphatic rings. The van der Waals surface area contributed by atoms with Gasteiger partial charge in [-0.15, -0.1) is 0 Å². The number of hydrogen-bond acceptors (Lipinski definition) is 2. The molecule has 0 spiro atoms. The first kappa shape index (κ1) is 11.0. The number of carbonyl (C=O) groups excluding carboxylic acids is 1. The van der Waals surface area contributed by atoms with E-state index in [4.69, 9.17) is 4.74 Å². The molecule has 1 rings (SSSR count). The van der Waals surface area contributed by atoms with E-state index in [0.29, 0.717) is 6.61 Å². The van der Waals surface area contributed by atoms with Gasteiger partial charge >= 0.3 is 0 Å². The third-order valence-electron chi connectivity index (χ3n) is 2.30. The highest BCUT2D eigenvalue weighted by Gasteiger charge is 2.37. The van der Waals surface area contributed by atoms with Crippen molar-refractivity contribution >= 4 is 21.8 Å². The zero-order valence-corrected chi connectivity index (χ0v) is 9.52. The minimum Gasteiger partial charge on any atom is -0.365 e. The molecule has 1 heterocycles. The van der Waals surface area contributed by atoms with E-state index in [1.807, 2.05) is 6.92 Å². The predicted octanol–water partition coefficient (Wildman–Crippen LogP) is 1.46. The summed E-state index contributed by atoms with van der Waals surface area (Å²) in [6.45, 7) is 3.30. The smallest absolute Gasteiger partial charge is 0.251 e. The van der Waals surface area contributed by atoms with E-state index in [1.165, 1.54) is 0 Å². The topological polar surface area (TPSA) is 38.3 Å². The van der Waals surface area contributed by atoms with Crippen LogP contribution in [0.25, 0.3) is 0 Å². The van der Waals surface area contributed by atoms with Crippen molar-refractivity contribution in [2.24, 2.45) is 0 Å². The predicted molar refractivity (Wildman–Crippen MR) is 55.0 cm³/mol. The van der Waals surface area contributed by atoms with Crippen molar-refractivity contribution in [3.05, 3.63) is 0 Å². The van der Waals surface area contributed by atoms with Gasteiger partial charge in [0, 0.05) is 18.5 Å². The van der Waals surface area contributed by atoms with E-state index < -0.39 is 5.60 Å². The Morgan fingerprint density at radius 1 is 1.69 bits per heavy atom. The maximum Gasteiger partial charge on any atom is 0.251 e. The van der Waals surface area contributed by atoms with Crippen molar-refractivity contribution in [2.75, 3.05) is 18.5 Å². The molecule has 1 atom stereocenters. The molecule has 0 aromatic carbocycles. The van der Waals surface area contributed by atoms with E-state index in [9.17, 15) is 4.79 Å². The second-order valence-corrected chi connectivity index (χ2v) is 4.27. The first-order chi connectivity index (χ1) is 6.19. The summed E-state index contributed by atoms with van der Waals surface area (Å²) in [7, 11) is 0. The fraction of sp³-hybridized carbons (Fsp3) is 0.889. The number of alkyl halides is 1. The Bertz CT molecular complexity index is 178. The monoisotopic (exact) mass is 249 g/mol. The van der Waals surface area contributed by atoms with E-state index in [2.05, 4.69) is 21.2 Å². The lowest BCUT2D eigenvalue weighted by molar-refractivity contribution is -0.139. The molecular formula is C9H16BrNO2. The van der Waals surface area contributed by atoms with Crippen LogP contribution in [0.3, 0.4) is 0 Å². The summed E-state index contributed by atoms with van der Waals surface area (Å²) < 4.78 is 5.41. The van der Waals surface area contributed by atoms with Gasteiger partial charge < -0.3 is 10.1 Å². The fourth-order valence-corrected chi connectivity index (χ4v) is 1.69. The number of carbonyl (C=O) groups is 1. The maximum absolute atomic E-state index is 11.6. The summed E-state index contributed by atoms with van der Waals surface area (Å²) in [4.78, 5) is 11.6. The van der Waals surface area contributed by atoms with Crippen molar-refractivity contribution < 1.29 is 9.53 Å². The first-order valence-corrected chi connectivity index (χ1v) is 5.79. The molecular weight excluding hydrogens is 234 g/mol. The van der Waals surface area contributed by atoms with Crippen LogP contribution < -0.4 is 5.32 Å². The molecule has 0 aliphatic carbocycles. The van der Waals surface area contributed by atoms with Crippen molar-refractivity contribution in [2.45, 2.75) is 31.8 Å². The van der Waals surface area contributed by atoms with Crippen LogP contribution in [0.15, 0.2) is 0 Å². The normalized spacial score (nSPS) is 27.5. The largest absolute Gasteiger partial charge is 0.365 e. The minimum absolute atomic E-state index is 0.0333. The van der Waals surface area contributed by atoms with Crippen LogP contribution in [0.4, 0.5) is 0 Å². The Balaban J connectivity index is 2.29. The van der Waals surface area contributed by atoms with Crippen LogP contribution in [-0.2, 0) is 9.53 Å². The highest BCUT2D eigenvalue weighted by molar-refractivity contribution is 9.09. The number of rotatable bonds is 4. The Kier molecular flexibility index (Phi) is 4.19. The Morgan fingerprint density at radius 2 is 2.46 bits per heavy atom. The van der Waals surface area contributed by atoms with Crippen LogP contribution in [0, 0.1) is 0 Å². The number of ether oxygens (including phenoxy) is 1. The van der Waals surface area contributed by atoms with E-state index in [1.54, 1.807) is 0 Å². The van der Waals surface area contributed by atoms with Gasteiger partial charge in [0.2, 0.25) is 0 Å². The molecule has 0 bridgehead atoms. The van der Waals surface area contributed by atoms with E-state index in [-0.39, 0.29) is 5.91 Å². The van der Waals surface area contributed by atoms with Gasteiger partial charge in [-0.2, -0.15) is 0 Å². The lowest BCUT2D eigenvalue weighted by Gasteiger charge is -2.21. The molecule has 13 heavy (non-hydrogen) atoms. The Labute approximate surface area is 87.3 Å². The van der Waals surface area contributed by atoms with Crippen molar-refractivity contribution in [1.29, 1.82) is 0 Å². The quantitative estimate of drug-likeness (QED) is 0.606. The maximum atomic E-state index is 11.6. The van der Waals surface area contributed by atoms with Gasteiger partial charge in [0.25, 0.3) is 5.91 Å². The summed E-state index contributed by atoms with van der Waals surface area (Å²) in [5.41, 5.74) is -0.563. The molecule has 1 unspecified atom stereocenters. The Morgan fingerprint density at radius 3 is 3.00 bits per heavy atom. The summed E-state index contributed by atoms with van der Waals surface area (Å²) >= 11 is 3.31. The number of nitrogens with one attached hydrogen (secondary N) is 1. The van der Waals surface area contributed by atoms with Gasteiger partial charge in [0.05, 0.1) is 0 Å². The molecule has 0 saturated carbocycles. The number of amides is 1. The zero-order valence-electron chi connectivity index (χ0n) is 7.94. The first-order valence-electron chi connectivity index (χ1n) is 4.67. The number of halogens is 1. The third kappa shape index (κ3) is 2.95. The van der Waals surface area contributed by atoms with Gasteiger partial charge in [-0.1, -0.05) is 15.9 Å². The van der Waals surface area contributed by atoms with Crippen LogP contribution in [-0.4, -0.2) is 30.0 Å². The molecule has 0 aromatic heterocycles. The highest BCUT2D eigenvalue weighted by Crippen LogP contribution is 2.24. The lowest BCUT2D eigenvalue weighted by atomic mass is 10.0. The second-order valence-electron chi connectivity index (χ2n) is 3.48. The van der Waals surface area contributed by atoms with Gasteiger partial charge in [-0.25, -0.2) is 0 Å². The minimum atomic E-state index is -0.563. The van der Waals surface area contributed by atoms with Crippen LogP contribution in [0.2, 0.25) is 0 Å². The second kappa shape index (κ2) is 4.96. The van der Waals surface area contributed by atoms with Gasteiger partial charge in [0.15, 0.2) is 0 Å². The van der Waals surface area contributed by atoms with Gasteiger partial charge in [0.1, 0.15) is 5.60 Å². The summed E-state index contributed by atoms with van der Waals surface area (Å²) in [5, 5.41) is 3.79. The molecule has 1 N–H and O–H groups in total. The number of hydrogen-bond donors (Lipinski definition) is 1. The van der Waals surface area contributed by atoms with Crippen molar-refractivity contribution in [3.63, 3.8) is 0 Å². The average molecular weight is 250 g/mol. The van der Waals surface area contributed by atoms with Crippen LogP contribution in [0.1, 0.15) is 26.2 Å². The van der Waals surface area contributed by atoms with Gasteiger partial charge in [-0.05, 0) is 26.2 Å². The van der Waals surface area contributed by atoms with Gasteiger partial charge in [-0.3, -0.25) is 4.79 Å². The SMILES string of the molecule is CC1(C(=O)NCCCBr)CCCO1. The average Bonchev–Trinajstić information content (AvgIpc) is 2.54. The fourth-order valence-electron chi connectivity index (χ4n) is 1.41. The third-order valence-corrected chi connectivity index (χ3v) is 2.86. The molecule has 4 heteroatoms. The molecule has 0 aromatic rings. The standard InChI is InChI=1S/C9H16BrNO2/c1-9(4-2-7-13-9)8(12)11-6-3-5-10/h2-7H2,1H3,(H,11,12). The summed E-state index contributed by atoms with van der Waals surface area (Å²) in [6.07, 6.45) is 2.79. The molecule has 1 amide bonds. The zero-order chi connectivity index (χ0) is 9.73. The lowest BCUT2D eigenvalue weighted by Crippen LogP contribution is -2.44. The van der Waals surface area contributed by atoms with Crippen molar-refractivity contribution in [3.8, 4) is 0 Å². The van der Waals surface area contributed by atoms with Crippen molar-refractivity contribution in [1.82, 2.24) is 5.32 Å². The van der Waals surface area contributed by atoms with E-state index in [0.717, 1.165) is 31.1 Å². The van der Waals surface area contributed by atoms with Crippen LogP contribution in [0.5, 0.6) is 0 Å². The Hall–Kier alpha value is -0.0900. The highest BCUT2D eigenvalue weighted by atomic mass is 79.9. The summed E-state index contributed by atoms with van der Waals surface area (Å²) in [6, 6.07) is 0. The van der Waals surface area contributed by atoms with Crippen LogP contribution >= 0.6 is 15.9 Å². The summed E-state index contributed by atoms with van der Waals surface area (Å²) in [5.74, 6) is 0.0333. The molecule has 0 radical (unpaired) electrons. The molecule has 1 saturated heterocycles. The molecule has 3 nitrogen and oxygen atoms in total. The van der Waals surface area contributed by atoms with E-state index >= 15 is 0 Å².